The van der Waals surface area contributed by atoms with Crippen LogP contribution >= 0.6 is 0 Å². The summed E-state index contributed by atoms with van der Waals surface area (Å²) in [5.41, 5.74) is 5.19. The van der Waals surface area contributed by atoms with Crippen molar-refractivity contribution in [2.24, 2.45) is 0 Å². The van der Waals surface area contributed by atoms with Gasteiger partial charge in [0.1, 0.15) is 0 Å². The molecule has 1 aromatic heterocycles. The Kier molecular flexibility index (Phi) is 4.57. The van der Waals surface area contributed by atoms with Crippen LogP contribution in [0.15, 0.2) is 42.5 Å². The molecule has 124 valence electrons. The summed E-state index contributed by atoms with van der Waals surface area (Å²) in [5, 5.41) is 25.3. The normalized spacial score (nSPS) is 12.2. The maximum Gasteiger partial charge on any atom is 0.247 e. The summed E-state index contributed by atoms with van der Waals surface area (Å²) in [6.07, 6.45) is -0.633. The molecule has 0 fully saturated rings. The van der Waals surface area contributed by atoms with E-state index < -0.39 is 6.10 Å². The third-order valence-electron chi connectivity index (χ3n) is 3.83. The number of nitrogens with one attached hydrogen (secondary N) is 1. The predicted octanol–water partition coefficient (Wildman–Crippen LogP) is 2.73. The first-order chi connectivity index (χ1) is 11.5. The highest BCUT2D eigenvalue weighted by Gasteiger charge is 2.12. The summed E-state index contributed by atoms with van der Waals surface area (Å²) < 4.78 is 1.62. The van der Waals surface area contributed by atoms with Crippen molar-refractivity contribution in [1.29, 1.82) is 0 Å². The summed E-state index contributed by atoms with van der Waals surface area (Å²) in [7, 11) is 0. The maximum absolute atomic E-state index is 10.4. The average Bonchev–Trinajstić information content (AvgIpc) is 3.01. The SMILES string of the molecule is Cc1ccc(-n2nnnc2NCC(O)c2cc(C)cc(C)c2)cc1. The second kappa shape index (κ2) is 6.80. The highest BCUT2D eigenvalue weighted by atomic mass is 16.3. The molecule has 0 saturated carbocycles. The lowest BCUT2D eigenvalue weighted by atomic mass is 10.0. The van der Waals surface area contributed by atoms with Crippen LogP contribution in [0.3, 0.4) is 0 Å². The summed E-state index contributed by atoms with van der Waals surface area (Å²) >= 11 is 0. The van der Waals surface area contributed by atoms with Gasteiger partial charge in [-0.1, -0.05) is 52.1 Å². The van der Waals surface area contributed by atoms with E-state index in [2.05, 4.69) is 26.9 Å². The van der Waals surface area contributed by atoms with Gasteiger partial charge in [-0.15, -0.1) is 0 Å². The number of anilines is 1. The molecule has 1 unspecified atom stereocenters. The van der Waals surface area contributed by atoms with Gasteiger partial charge >= 0.3 is 0 Å². The molecule has 2 aromatic carbocycles. The van der Waals surface area contributed by atoms with E-state index >= 15 is 0 Å². The van der Waals surface area contributed by atoms with Gasteiger partial charge < -0.3 is 10.4 Å². The van der Waals surface area contributed by atoms with Crippen molar-refractivity contribution in [3.8, 4) is 5.69 Å². The van der Waals surface area contributed by atoms with Crippen LogP contribution in [0.2, 0.25) is 0 Å². The number of nitrogens with zero attached hydrogens (tertiary/aromatic N) is 4. The lowest BCUT2D eigenvalue weighted by molar-refractivity contribution is 0.191. The van der Waals surface area contributed by atoms with E-state index in [4.69, 9.17) is 0 Å². The molecule has 1 heterocycles. The van der Waals surface area contributed by atoms with Crippen LogP contribution in [-0.2, 0) is 0 Å². The lowest BCUT2D eigenvalue weighted by Gasteiger charge is -2.14. The number of aromatic nitrogens is 4. The molecule has 0 amide bonds. The fraction of sp³-hybridized carbons (Fsp3) is 0.278. The lowest BCUT2D eigenvalue weighted by Crippen LogP contribution is -2.15. The maximum atomic E-state index is 10.4. The molecule has 3 rings (SSSR count). The summed E-state index contributed by atoms with van der Waals surface area (Å²) in [4.78, 5) is 0. The average molecular weight is 323 g/mol. The Hall–Kier alpha value is -2.73. The van der Waals surface area contributed by atoms with Crippen LogP contribution in [-0.4, -0.2) is 31.9 Å². The Balaban J connectivity index is 1.73. The van der Waals surface area contributed by atoms with E-state index in [9.17, 15) is 5.11 Å². The number of aliphatic hydroxyl groups is 1. The molecule has 0 bridgehead atoms. The summed E-state index contributed by atoms with van der Waals surface area (Å²) in [5.74, 6) is 0.502. The molecule has 6 heteroatoms. The number of tetrazole rings is 1. The van der Waals surface area contributed by atoms with Gasteiger partial charge in [0.05, 0.1) is 11.8 Å². The zero-order valence-electron chi connectivity index (χ0n) is 14.1. The van der Waals surface area contributed by atoms with Crippen molar-refractivity contribution in [2.75, 3.05) is 11.9 Å². The summed E-state index contributed by atoms with van der Waals surface area (Å²) in [6.45, 7) is 6.40. The van der Waals surface area contributed by atoms with Crippen molar-refractivity contribution < 1.29 is 5.11 Å². The van der Waals surface area contributed by atoms with E-state index in [1.807, 2.05) is 57.2 Å². The van der Waals surface area contributed by atoms with Crippen LogP contribution in [0.1, 0.15) is 28.4 Å². The third-order valence-corrected chi connectivity index (χ3v) is 3.83. The number of rotatable bonds is 5. The van der Waals surface area contributed by atoms with Crippen molar-refractivity contribution in [3.63, 3.8) is 0 Å². The van der Waals surface area contributed by atoms with Gasteiger partial charge in [0.2, 0.25) is 5.95 Å². The Morgan fingerprint density at radius 3 is 2.33 bits per heavy atom. The Bertz CT molecular complexity index is 805. The highest BCUT2D eigenvalue weighted by Crippen LogP contribution is 2.18. The minimum absolute atomic E-state index is 0.329. The molecule has 0 aliphatic heterocycles. The van der Waals surface area contributed by atoms with Gasteiger partial charge in [-0.25, -0.2) is 0 Å². The van der Waals surface area contributed by atoms with Crippen LogP contribution in [0.4, 0.5) is 5.95 Å². The topological polar surface area (TPSA) is 75.9 Å². The van der Waals surface area contributed by atoms with Crippen molar-refractivity contribution in [2.45, 2.75) is 26.9 Å². The molecule has 0 saturated heterocycles. The van der Waals surface area contributed by atoms with E-state index in [0.29, 0.717) is 12.5 Å². The molecule has 2 N–H and O–H groups in total. The zero-order chi connectivity index (χ0) is 17.1. The summed E-state index contributed by atoms with van der Waals surface area (Å²) in [6, 6.07) is 14.0. The number of hydrogen-bond acceptors (Lipinski definition) is 5. The van der Waals surface area contributed by atoms with E-state index in [1.165, 1.54) is 5.56 Å². The third kappa shape index (κ3) is 3.60. The first-order valence-electron chi connectivity index (χ1n) is 7.88. The molecule has 0 radical (unpaired) electrons. The van der Waals surface area contributed by atoms with Crippen LogP contribution in [0.25, 0.3) is 5.69 Å². The first-order valence-corrected chi connectivity index (χ1v) is 7.88. The number of aliphatic hydroxyl groups excluding tert-OH is 1. The van der Waals surface area contributed by atoms with Gasteiger partial charge in [0.15, 0.2) is 0 Å². The van der Waals surface area contributed by atoms with Crippen LogP contribution < -0.4 is 5.32 Å². The van der Waals surface area contributed by atoms with Gasteiger partial charge in [0.25, 0.3) is 0 Å². The molecule has 6 nitrogen and oxygen atoms in total. The fourth-order valence-corrected chi connectivity index (χ4v) is 2.67. The molecule has 0 aliphatic rings. The van der Waals surface area contributed by atoms with Crippen LogP contribution in [0, 0.1) is 20.8 Å². The fourth-order valence-electron chi connectivity index (χ4n) is 2.67. The largest absolute Gasteiger partial charge is 0.387 e. The van der Waals surface area contributed by atoms with E-state index in [-0.39, 0.29) is 0 Å². The Morgan fingerprint density at radius 2 is 1.67 bits per heavy atom. The standard InChI is InChI=1S/C18H21N5O/c1-12-4-6-16(7-5-12)23-18(20-21-22-23)19-11-17(24)15-9-13(2)8-14(3)10-15/h4-10,17,24H,11H2,1-3H3,(H,19,20,22). The second-order valence-electron chi connectivity index (χ2n) is 6.07. The Labute approximate surface area is 141 Å². The van der Waals surface area contributed by atoms with E-state index in [0.717, 1.165) is 22.4 Å². The smallest absolute Gasteiger partial charge is 0.247 e. The Morgan fingerprint density at radius 1 is 1.00 bits per heavy atom. The van der Waals surface area contributed by atoms with Crippen LogP contribution in [0.5, 0.6) is 0 Å². The second-order valence-corrected chi connectivity index (χ2v) is 6.07. The molecular weight excluding hydrogens is 302 g/mol. The monoisotopic (exact) mass is 323 g/mol. The minimum atomic E-state index is -0.633. The number of benzene rings is 2. The van der Waals surface area contributed by atoms with Gasteiger partial charge in [-0.3, -0.25) is 0 Å². The zero-order valence-corrected chi connectivity index (χ0v) is 14.1. The molecule has 3 aromatic rings. The van der Waals surface area contributed by atoms with Gasteiger partial charge in [0, 0.05) is 6.54 Å². The minimum Gasteiger partial charge on any atom is -0.387 e. The van der Waals surface area contributed by atoms with Crippen molar-refractivity contribution in [3.05, 3.63) is 64.7 Å². The van der Waals surface area contributed by atoms with Crippen molar-refractivity contribution >= 4 is 5.95 Å². The quantitative estimate of drug-likeness (QED) is 0.755. The van der Waals surface area contributed by atoms with Gasteiger partial charge in [-0.2, -0.15) is 4.68 Å². The molecule has 1 atom stereocenters. The first kappa shape index (κ1) is 16.1. The number of aryl methyl sites for hydroxylation is 3. The van der Waals surface area contributed by atoms with Crippen molar-refractivity contribution in [1.82, 2.24) is 20.2 Å². The number of hydrogen-bond donors (Lipinski definition) is 2. The molecular formula is C18H21N5O. The molecule has 0 aliphatic carbocycles. The highest BCUT2D eigenvalue weighted by molar-refractivity contribution is 5.40. The molecule has 24 heavy (non-hydrogen) atoms. The predicted molar refractivity (Wildman–Crippen MR) is 93.3 cm³/mol. The van der Waals surface area contributed by atoms with E-state index in [1.54, 1.807) is 4.68 Å². The molecule has 0 spiro atoms. The van der Waals surface area contributed by atoms with Gasteiger partial charge in [-0.05, 0) is 48.9 Å².